The Labute approximate surface area is 116 Å². The Morgan fingerprint density at radius 1 is 1.45 bits per heavy atom. The molecule has 0 saturated carbocycles. The van der Waals surface area contributed by atoms with E-state index >= 15 is 0 Å². The van der Waals surface area contributed by atoms with Gasteiger partial charge in [0.15, 0.2) is 5.03 Å². The van der Waals surface area contributed by atoms with E-state index in [1.807, 2.05) is 6.92 Å². The summed E-state index contributed by atoms with van der Waals surface area (Å²) in [6, 6.07) is 4.10. The molecule has 8 heteroatoms. The van der Waals surface area contributed by atoms with Crippen molar-refractivity contribution in [2.24, 2.45) is 5.73 Å². The first-order valence-electron chi connectivity index (χ1n) is 5.99. The van der Waals surface area contributed by atoms with Crippen LogP contribution in [0, 0.1) is 5.82 Å². The summed E-state index contributed by atoms with van der Waals surface area (Å²) in [6.07, 6.45) is 2.79. The molecule has 0 atom stereocenters. The van der Waals surface area contributed by atoms with Crippen molar-refractivity contribution in [2.75, 3.05) is 4.72 Å². The summed E-state index contributed by atoms with van der Waals surface area (Å²) in [5, 5.41) is -0.151. The van der Waals surface area contributed by atoms with Crippen molar-refractivity contribution in [3.05, 3.63) is 42.1 Å². The molecule has 1 aromatic carbocycles. The van der Waals surface area contributed by atoms with Crippen LogP contribution in [0.15, 0.2) is 35.7 Å². The number of nitrogens with one attached hydrogen (secondary N) is 1. The fourth-order valence-electron chi connectivity index (χ4n) is 1.62. The van der Waals surface area contributed by atoms with Gasteiger partial charge in [-0.15, -0.1) is 0 Å². The smallest absolute Gasteiger partial charge is 0.281 e. The number of hydrogen-bond acceptors (Lipinski definition) is 4. The van der Waals surface area contributed by atoms with Crippen molar-refractivity contribution in [3.63, 3.8) is 0 Å². The Bertz CT molecular complexity index is 712. The highest BCUT2D eigenvalue weighted by Gasteiger charge is 2.19. The normalized spacial score (nSPS) is 11.6. The molecule has 6 nitrogen and oxygen atoms in total. The minimum atomic E-state index is -3.90. The maximum atomic E-state index is 13.7. The van der Waals surface area contributed by atoms with E-state index in [0.29, 0.717) is 12.1 Å². The quantitative estimate of drug-likeness (QED) is 0.870. The predicted molar refractivity (Wildman–Crippen MR) is 73.0 cm³/mol. The number of aromatic nitrogens is 2. The van der Waals surface area contributed by atoms with Crippen LogP contribution in [0.4, 0.5) is 10.1 Å². The topological polar surface area (TPSA) is 90.0 Å². The average molecular weight is 298 g/mol. The van der Waals surface area contributed by atoms with Crippen LogP contribution in [-0.4, -0.2) is 18.0 Å². The van der Waals surface area contributed by atoms with Gasteiger partial charge in [0.2, 0.25) is 0 Å². The van der Waals surface area contributed by atoms with E-state index in [2.05, 4.69) is 9.71 Å². The summed E-state index contributed by atoms with van der Waals surface area (Å²) < 4.78 is 41.7. The number of imidazole rings is 1. The van der Waals surface area contributed by atoms with Crippen molar-refractivity contribution >= 4 is 15.7 Å². The first kappa shape index (κ1) is 14.5. The van der Waals surface area contributed by atoms with Crippen LogP contribution in [0.3, 0.4) is 0 Å². The Morgan fingerprint density at radius 3 is 2.75 bits per heavy atom. The zero-order valence-corrected chi connectivity index (χ0v) is 11.7. The highest BCUT2D eigenvalue weighted by molar-refractivity contribution is 7.92. The van der Waals surface area contributed by atoms with Crippen molar-refractivity contribution in [2.45, 2.75) is 25.0 Å². The Balaban J connectivity index is 2.28. The number of anilines is 1. The molecule has 0 unspecified atom stereocenters. The van der Waals surface area contributed by atoms with Gasteiger partial charge in [0, 0.05) is 19.3 Å². The summed E-state index contributed by atoms with van der Waals surface area (Å²) in [7, 11) is -3.90. The minimum absolute atomic E-state index is 0.131. The molecule has 0 saturated heterocycles. The third-order valence-electron chi connectivity index (χ3n) is 2.76. The Hall–Kier alpha value is -1.93. The van der Waals surface area contributed by atoms with E-state index in [0.717, 1.165) is 0 Å². The molecule has 0 radical (unpaired) electrons. The van der Waals surface area contributed by atoms with E-state index in [1.54, 1.807) is 10.6 Å². The summed E-state index contributed by atoms with van der Waals surface area (Å²) in [6.45, 7) is 2.64. The highest BCUT2D eigenvalue weighted by Crippen LogP contribution is 2.19. The number of rotatable bonds is 5. The van der Waals surface area contributed by atoms with Gasteiger partial charge in [-0.3, -0.25) is 4.72 Å². The fourth-order valence-corrected chi connectivity index (χ4v) is 2.64. The molecule has 0 aliphatic heterocycles. The average Bonchev–Trinajstić information content (AvgIpc) is 2.90. The summed E-state index contributed by atoms with van der Waals surface area (Å²) in [5.41, 5.74) is 5.84. The lowest BCUT2D eigenvalue weighted by Crippen LogP contribution is -2.14. The van der Waals surface area contributed by atoms with Crippen LogP contribution in [0.2, 0.25) is 0 Å². The molecule has 1 aromatic heterocycles. The first-order valence-corrected chi connectivity index (χ1v) is 7.47. The van der Waals surface area contributed by atoms with Gasteiger partial charge in [-0.1, -0.05) is 6.07 Å². The molecule has 20 heavy (non-hydrogen) atoms. The van der Waals surface area contributed by atoms with E-state index in [4.69, 9.17) is 5.73 Å². The fraction of sp³-hybridized carbons (Fsp3) is 0.250. The number of benzene rings is 1. The lowest BCUT2D eigenvalue weighted by molar-refractivity contribution is 0.595. The first-order chi connectivity index (χ1) is 9.46. The van der Waals surface area contributed by atoms with Crippen LogP contribution in [0.1, 0.15) is 12.5 Å². The molecular formula is C12H15FN4O2S. The van der Waals surface area contributed by atoms with Crippen LogP contribution in [0.25, 0.3) is 0 Å². The summed E-state index contributed by atoms with van der Waals surface area (Å²) in [5.74, 6) is -0.675. The number of nitrogens with zero attached hydrogens (tertiary/aromatic N) is 2. The Kier molecular flexibility index (Phi) is 4.05. The van der Waals surface area contributed by atoms with Crippen LogP contribution < -0.4 is 10.5 Å². The molecule has 3 N–H and O–H groups in total. The number of aryl methyl sites for hydroxylation is 1. The molecule has 0 spiro atoms. The van der Waals surface area contributed by atoms with Crippen molar-refractivity contribution in [3.8, 4) is 0 Å². The van der Waals surface area contributed by atoms with Crippen molar-refractivity contribution in [1.29, 1.82) is 0 Å². The zero-order valence-electron chi connectivity index (χ0n) is 10.9. The molecule has 0 aliphatic rings. The number of halogens is 1. The van der Waals surface area contributed by atoms with Gasteiger partial charge in [-0.05, 0) is 24.6 Å². The largest absolute Gasteiger partial charge is 0.336 e. The third-order valence-corrected chi connectivity index (χ3v) is 4.01. The maximum absolute atomic E-state index is 13.7. The van der Waals surface area contributed by atoms with Crippen molar-refractivity contribution in [1.82, 2.24) is 9.55 Å². The van der Waals surface area contributed by atoms with Gasteiger partial charge in [0.05, 0.1) is 12.0 Å². The minimum Gasteiger partial charge on any atom is -0.336 e. The van der Waals surface area contributed by atoms with Gasteiger partial charge in [0.25, 0.3) is 10.0 Å². The SMILES string of the molecule is CCn1cnc(S(=O)(=O)Nc2ccc(CN)cc2F)c1. The lowest BCUT2D eigenvalue weighted by atomic mass is 10.2. The lowest BCUT2D eigenvalue weighted by Gasteiger charge is -2.08. The number of nitrogens with two attached hydrogens (primary N) is 1. The molecule has 1 heterocycles. The molecule has 0 fully saturated rings. The number of hydrogen-bond donors (Lipinski definition) is 2. The standard InChI is InChI=1S/C12H15FN4O2S/c1-2-17-7-12(15-8-17)20(18,19)16-11-4-3-9(6-14)5-10(11)13/h3-5,7-8,16H,2,6,14H2,1H3. The van der Waals surface area contributed by atoms with Crippen LogP contribution in [0.5, 0.6) is 0 Å². The molecular weight excluding hydrogens is 283 g/mol. The number of sulfonamides is 1. The van der Waals surface area contributed by atoms with Crippen LogP contribution in [-0.2, 0) is 23.1 Å². The van der Waals surface area contributed by atoms with Gasteiger partial charge in [-0.25, -0.2) is 9.37 Å². The van der Waals surface area contributed by atoms with Gasteiger partial charge in [0.1, 0.15) is 5.82 Å². The van der Waals surface area contributed by atoms with E-state index in [-0.39, 0.29) is 17.3 Å². The predicted octanol–water partition coefficient (Wildman–Crippen LogP) is 1.30. The Morgan fingerprint density at radius 2 is 2.20 bits per heavy atom. The highest BCUT2D eigenvalue weighted by atomic mass is 32.2. The van der Waals surface area contributed by atoms with E-state index in [9.17, 15) is 12.8 Å². The molecule has 0 amide bonds. The zero-order chi connectivity index (χ0) is 14.8. The second kappa shape index (κ2) is 5.59. The molecule has 0 aliphatic carbocycles. The molecule has 2 aromatic rings. The molecule has 108 valence electrons. The van der Waals surface area contributed by atoms with Crippen LogP contribution >= 0.6 is 0 Å². The van der Waals surface area contributed by atoms with E-state index < -0.39 is 15.8 Å². The molecule has 0 bridgehead atoms. The van der Waals surface area contributed by atoms with E-state index in [1.165, 1.54) is 24.7 Å². The van der Waals surface area contributed by atoms with Gasteiger partial charge >= 0.3 is 0 Å². The molecule has 2 rings (SSSR count). The second-order valence-electron chi connectivity index (χ2n) is 4.17. The second-order valence-corrected chi connectivity index (χ2v) is 5.80. The van der Waals surface area contributed by atoms with Crippen molar-refractivity contribution < 1.29 is 12.8 Å². The summed E-state index contributed by atoms with van der Waals surface area (Å²) >= 11 is 0. The third kappa shape index (κ3) is 2.97. The van der Waals surface area contributed by atoms with Gasteiger partial charge in [-0.2, -0.15) is 8.42 Å². The maximum Gasteiger partial charge on any atom is 0.281 e. The van der Waals surface area contributed by atoms with Gasteiger partial charge < -0.3 is 10.3 Å². The monoisotopic (exact) mass is 298 g/mol. The summed E-state index contributed by atoms with van der Waals surface area (Å²) in [4.78, 5) is 3.79.